The van der Waals surface area contributed by atoms with Crippen LogP contribution in [-0.4, -0.2) is 64.7 Å². The van der Waals surface area contributed by atoms with Crippen molar-refractivity contribution in [3.05, 3.63) is 0 Å². The molecule has 2 N–H and O–H groups in total. The molecule has 0 aliphatic carbocycles. The predicted molar refractivity (Wildman–Crippen MR) is 94.0 cm³/mol. The molecule has 0 spiro atoms. The van der Waals surface area contributed by atoms with Crippen LogP contribution in [0.3, 0.4) is 0 Å². The molecular weight excluding hydrogens is 294 g/mol. The van der Waals surface area contributed by atoms with E-state index >= 15 is 0 Å². The predicted octanol–water partition coefficient (Wildman–Crippen LogP) is 1.80. The topological polar surface area (TPSA) is 64.1 Å². The van der Waals surface area contributed by atoms with Crippen molar-refractivity contribution in [2.75, 3.05) is 46.6 Å². The van der Waals surface area contributed by atoms with Crippen LogP contribution in [0.5, 0.6) is 0 Å². The van der Waals surface area contributed by atoms with Gasteiger partial charge in [0.1, 0.15) is 0 Å². The van der Waals surface area contributed by atoms with Crippen LogP contribution in [0.2, 0.25) is 0 Å². The Morgan fingerprint density at radius 3 is 2.70 bits per heavy atom. The quantitative estimate of drug-likeness (QED) is 0.384. The maximum atomic E-state index is 5.76. The van der Waals surface area contributed by atoms with Gasteiger partial charge in [-0.25, -0.2) is 0 Å². The van der Waals surface area contributed by atoms with Crippen molar-refractivity contribution in [2.45, 2.75) is 52.7 Å². The number of hydrogen-bond acceptors (Lipinski definition) is 4. The van der Waals surface area contributed by atoms with E-state index in [2.05, 4.69) is 43.3 Å². The first-order chi connectivity index (χ1) is 11.0. The third kappa shape index (κ3) is 8.53. The fourth-order valence-corrected chi connectivity index (χ4v) is 2.39. The van der Waals surface area contributed by atoms with Crippen LogP contribution >= 0.6 is 0 Å². The normalized spacial score (nSPS) is 20.6. The molecule has 0 saturated carbocycles. The second-order valence-corrected chi connectivity index (χ2v) is 6.95. The zero-order valence-corrected chi connectivity index (χ0v) is 15.5. The molecule has 1 saturated heterocycles. The molecule has 1 aliphatic rings. The summed E-state index contributed by atoms with van der Waals surface area (Å²) in [5, 5.41) is 6.62. The number of hydrogen-bond donors (Lipinski definition) is 2. The monoisotopic (exact) mass is 329 g/mol. The summed E-state index contributed by atoms with van der Waals surface area (Å²) in [6.07, 6.45) is 2.35. The second kappa shape index (κ2) is 10.8. The molecular formula is C17H35N3O3. The maximum Gasteiger partial charge on any atom is 0.191 e. The van der Waals surface area contributed by atoms with Gasteiger partial charge in [-0.2, -0.15) is 0 Å². The number of ether oxygens (including phenoxy) is 3. The molecule has 0 bridgehead atoms. The van der Waals surface area contributed by atoms with Crippen molar-refractivity contribution in [2.24, 2.45) is 10.4 Å². The first kappa shape index (κ1) is 20.2. The van der Waals surface area contributed by atoms with Gasteiger partial charge >= 0.3 is 0 Å². The van der Waals surface area contributed by atoms with Gasteiger partial charge in [0.25, 0.3) is 0 Å². The first-order valence-corrected chi connectivity index (χ1v) is 8.71. The molecule has 6 heteroatoms. The third-order valence-electron chi connectivity index (χ3n) is 3.86. The van der Waals surface area contributed by atoms with Gasteiger partial charge in [-0.05, 0) is 25.2 Å². The molecule has 6 nitrogen and oxygen atoms in total. The summed E-state index contributed by atoms with van der Waals surface area (Å²) >= 11 is 0. The van der Waals surface area contributed by atoms with Crippen LogP contribution in [-0.2, 0) is 14.2 Å². The number of methoxy groups -OCH3 is 1. The SMILES string of the molecule is CCNC(=NCC(OC)C(C)(C)C)NCCCOC1CCOC1. The van der Waals surface area contributed by atoms with E-state index in [0.29, 0.717) is 6.54 Å². The van der Waals surface area contributed by atoms with Crippen LogP contribution in [0.4, 0.5) is 0 Å². The van der Waals surface area contributed by atoms with E-state index in [-0.39, 0.29) is 17.6 Å². The zero-order chi connectivity index (χ0) is 17.1. The number of aliphatic imine (C=N–C) groups is 1. The fraction of sp³-hybridized carbons (Fsp3) is 0.941. The fourth-order valence-electron chi connectivity index (χ4n) is 2.39. The summed E-state index contributed by atoms with van der Waals surface area (Å²) in [6.45, 7) is 13.2. The molecule has 0 amide bonds. The standard InChI is InChI=1S/C17H35N3O3/c1-6-18-16(20-12-15(21-5)17(2,3)4)19-9-7-10-23-14-8-11-22-13-14/h14-15H,6-13H2,1-5H3,(H2,18,19,20). The maximum absolute atomic E-state index is 5.76. The Hall–Kier alpha value is -0.850. The van der Waals surface area contributed by atoms with Crippen LogP contribution in [0.15, 0.2) is 4.99 Å². The van der Waals surface area contributed by atoms with Gasteiger partial charge in [0, 0.05) is 33.4 Å². The van der Waals surface area contributed by atoms with Crippen molar-refractivity contribution in [1.29, 1.82) is 0 Å². The molecule has 136 valence electrons. The highest BCUT2D eigenvalue weighted by atomic mass is 16.5. The van der Waals surface area contributed by atoms with Crippen LogP contribution in [0, 0.1) is 5.41 Å². The smallest absolute Gasteiger partial charge is 0.191 e. The lowest BCUT2D eigenvalue weighted by Crippen LogP contribution is -2.40. The second-order valence-electron chi connectivity index (χ2n) is 6.95. The molecule has 23 heavy (non-hydrogen) atoms. The highest BCUT2D eigenvalue weighted by molar-refractivity contribution is 5.79. The van der Waals surface area contributed by atoms with E-state index in [4.69, 9.17) is 14.2 Å². The first-order valence-electron chi connectivity index (χ1n) is 8.71. The Bertz CT molecular complexity index is 336. The highest BCUT2D eigenvalue weighted by Gasteiger charge is 2.24. The molecule has 1 fully saturated rings. The molecule has 2 atom stereocenters. The van der Waals surface area contributed by atoms with E-state index in [1.807, 2.05) is 0 Å². The molecule has 2 unspecified atom stereocenters. The lowest BCUT2D eigenvalue weighted by atomic mass is 9.89. The number of rotatable bonds is 9. The summed E-state index contributed by atoms with van der Waals surface area (Å²) in [4.78, 5) is 4.63. The molecule has 0 radical (unpaired) electrons. The van der Waals surface area contributed by atoms with Crippen LogP contribution in [0.25, 0.3) is 0 Å². The Morgan fingerprint density at radius 1 is 1.35 bits per heavy atom. The van der Waals surface area contributed by atoms with Crippen LogP contribution in [0.1, 0.15) is 40.5 Å². The van der Waals surface area contributed by atoms with Crippen molar-refractivity contribution in [1.82, 2.24) is 10.6 Å². The van der Waals surface area contributed by atoms with Gasteiger partial charge in [0.05, 0.1) is 25.4 Å². The minimum Gasteiger partial charge on any atom is -0.379 e. The number of guanidine groups is 1. The molecule has 0 aromatic rings. The van der Waals surface area contributed by atoms with Gasteiger partial charge in [-0.15, -0.1) is 0 Å². The Labute approximate surface area is 141 Å². The minimum atomic E-state index is 0.0762. The Morgan fingerprint density at radius 2 is 2.13 bits per heavy atom. The Balaban J connectivity index is 2.28. The largest absolute Gasteiger partial charge is 0.379 e. The lowest BCUT2D eigenvalue weighted by Gasteiger charge is -2.28. The third-order valence-corrected chi connectivity index (χ3v) is 3.86. The zero-order valence-electron chi connectivity index (χ0n) is 15.5. The van der Waals surface area contributed by atoms with Crippen LogP contribution < -0.4 is 10.6 Å². The Kier molecular flexibility index (Phi) is 9.52. The van der Waals surface area contributed by atoms with Crippen molar-refractivity contribution in [3.8, 4) is 0 Å². The van der Waals surface area contributed by atoms with E-state index in [0.717, 1.165) is 51.7 Å². The summed E-state index contributed by atoms with van der Waals surface area (Å²) in [7, 11) is 1.75. The average Bonchev–Trinajstić information content (AvgIpc) is 2.99. The number of nitrogens with zero attached hydrogens (tertiary/aromatic N) is 1. The average molecular weight is 329 g/mol. The molecule has 0 aromatic carbocycles. The molecule has 1 rings (SSSR count). The summed E-state index contributed by atoms with van der Waals surface area (Å²) in [5.74, 6) is 0.836. The van der Waals surface area contributed by atoms with Gasteiger partial charge < -0.3 is 24.8 Å². The van der Waals surface area contributed by atoms with Gasteiger partial charge in [-0.1, -0.05) is 20.8 Å². The molecule has 1 heterocycles. The van der Waals surface area contributed by atoms with E-state index in [9.17, 15) is 0 Å². The van der Waals surface area contributed by atoms with Gasteiger partial charge in [0.2, 0.25) is 0 Å². The summed E-state index contributed by atoms with van der Waals surface area (Å²) in [5.41, 5.74) is 0.0762. The minimum absolute atomic E-state index is 0.0762. The lowest BCUT2D eigenvalue weighted by molar-refractivity contribution is 0.0241. The van der Waals surface area contributed by atoms with Crippen molar-refractivity contribution in [3.63, 3.8) is 0 Å². The summed E-state index contributed by atoms with van der Waals surface area (Å²) in [6, 6.07) is 0. The van der Waals surface area contributed by atoms with E-state index in [1.165, 1.54) is 0 Å². The molecule has 0 aromatic heterocycles. The number of nitrogens with one attached hydrogen (secondary N) is 2. The van der Waals surface area contributed by atoms with Gasteiger partial charge in [-0.3, -0.25) is 4.99 Å². The van der Waals surface area contributed by atoms with Gasteiger partial charge in [0.15, 0.2) is 5.96 Å². The highest BCUT2D eigenvalue weighted by Crippen LogP contribution is 2.21. The van der Waals surface area contributed by atoms with Crippen molar-refractivity contribution >= 4 is 5.96 Å². The van der Waals surface area contributed by atoms with Crippen molar-refractivity contribution < 1.29 is 14.2 Å². The molecule has 1 aliphatic heterocycles. The summed E-state index contributed by atoms with van der Waals surface area (Å²) < 4.78 is 16.6. The van der Waals surface area contributed by atoms with E-state index < -0.39 is 0 Å². The van der Waals surface area contributed by atoms with E-state index in [1.54, 1.807) is 7.11 Å².